The highest BCUT2D eigenvalue weighted by Gasteiger charge is 2.36. The number of nitrogens with one attached hydrogen (secondary N) is 2. The second kappa shape index (κ2) is 9.13. The summed E-state index contributed by atoms with van der Waals surface area (Å²) in [6.07, 6.45) is 0.557. The predicted octanol–water partition coefficient (Wildman–Crippen LogP) is 1.93. The minimum absolute atomic E-state index is 0.169. The first kappa shape index (κ1) is 21.6. The molecule has 1 aliphatic heterocycles. The van der Waals surface area contributed by atoms with Crippen LogP contribution in [0.2, 0.25) is 0 Å². The van der Waals surface area contributed by atoms with Gasteiger partial charge in [0.2, 0.25) is 5.91 Å². The molecule has 9 heteroatoms. The van der Waals surface area contributed by atoms with E-state index >= 15 is 0 Å². The smallest absolute Gasteiger partial charge is 0.390 e. The molecule has 3 rings (SSSR count). The summed E-state index contributed by atoms with van der Waals surface area (Å²) < 4.78 is 38.3. The topological polar surface area (TPSA) is 81.7 Å². The third kappa shape index (κ3) is 5.70. The lowest BCUT2D eigenvalue weighted by atomic mass is 9.94. The number of amides is 2. The molecule has 1 saturated heterocycles. The predicted molar refractivity (Wildman–Crippen MR) is 100 cm³/mol. The number of benzene rings is 1. The highest BCUT2D eigenvalue weighted by atomic mass is 19.4. The van der Waals surface area contributed by atoms with Gasteiger partial charge in [-0.2, -0.15) is 13.2 Å². The molecule has 0 spiro atoms. The average molecular weight is 413 g/mol. The number of likely N-dealkylation sites (tertiary alicyclic amines) is 1. The first-order chi connectivity index (χ1) is 13.7. The molecule has 6 nitrogen and oxygen atoms in total. The molecule has 1 aliphatic carbocycles. The van der Waals surface area contributed by atoms with Crippen LogP contribution in [-0.4, -0.2) is 59.6 Å². The zero-order valence-electron chi connectivity index (χ0n) is 16.0. The van der Waals surface area contributed by atoms with E-state index in [9.17, 15) is 27.9 Å². The van der Waals surface area contributed by atoms with Gasteiger partial charge in [0.25, 0.3) is 5.91 Å². The lowest BCUT2D eigenvalue weighted by Gasteiger charge is -2.30. The van der Waals surface area contributed by atoms with E-state index in [1.165, 1.54) is 25.3 Å². The van der Waals surface area contributed by atoms with Gasteiger partial charge < -0.3 is 15.7 Å². The normalized spacial score (nSPS) is 23.7. The Kier molecular flexibility index (Phi) is 6.79. The van der Waals surface area contributed by atoms with Gasteiger partial charge in [0.15, 0.2) is 0 Å². The Morgan fingerprint density at radius 2 is 1.86 bits per heavy atom. The van der Waals surface area contributed by atoms with Gasteiger partial charge >= 0.3 is 6.18 Å². The molecule has 0 radical (unpaired) electrons. The Morgan fingerprint density at radius 1 is 1.14 bits per heavy atom. The molecule has 1 aromatic rings. The molecule has 1 heterocycles. The maximum Gasteiger partial charge on any atom is 0.416 e. The van der Waals surface area contributed by atoms with Gasteiger partial charge in [0.1, 0.15) is 0 Å². The van der Waals surface area contributed by atoms with E-state index in [0.717, 1.165) is 31.0 Å². The molecule has 2 amide bonds. The Bertz CT molecular complexity index is 735. The van der Waals surface area contributed by atoms with E-state index in [0.29, 0.717) is 19.1 Å². The average Bonchev–Trinajstić information content (AvgIpc) is 3.06. The molecule has 0 bridgehead atoms. The Balaban J connectivity index is 1.48. The molecule has 1 unspecified atom stereocenters. The van der Waals surface area contributed by atoms with Crippen molar-refractivity contribution in [2.45, 2.75) is 56.5 Å². The summed E-state index contributed by atoms with van der Waals surface area (Å²) in [5, 5.41) is 15.3. The molecule has 2 fully saturated rings. The molecule has 0 aromatic heterocycles. The zero-order valence-corrected chi connectivity index (χ0v) is 16.0. The number of hydrogen-bond donors (Lipinski definition) is 3. The van der Waals surface area contributed by atoms with Gasteiger partial charge in [-0.05, 0) is 31.0 Å². The lowest BCUT2D eigenvalue weighted by Crippen LogP contribution is -2.47. The van der Waals surface area contributed by atoms with E-state index in [1.807, 2.05) is 0 Å². The largest absolute Gasteiger partial charge is 0.416 e. The van der Waals surface area contributed by atoms with Gasteiger partial charge in [-0.25, -0.2) is 0 Å². The number of carbonyl (C=O) groups is 2. The van der Waals surface area contributed by atoms with Crippen LogP contribution in [0.4, 0.5) is 13.2 Å². The Hall–Kier alpha value is -2.13. The number of halogens is 3. The molecule has 160 valence electrons. The van der Waals surface area contributed by atoms with Crippen molar-refractivity contribution in [3.05, 3.63) is 35.4 Å². The summed E-state index contributed by atoms with van der Waals surface area (Å²) in [5.41, 5.74) is -1.09. The zero-order chi connectivity index (χ0) is 21.0. The number of hydrogen-bond acceptors (Lipinski definition) is 4. The van der Waals surface area contributed by atoms with Crippen LogP contribution >= 0.6 is 0 Å². The van der Waals surface area contributed by atoms with Crippen LogP contribution in [0.25, 0.3) is 0 Å². The van der Waals surface area contributed by atoms with E-state index < -0.39 is 35.7 Å². The van der Waals surface area contributed by atoms with Crippen LogP contribution in [0, 0.1) is 0 Å². The van der Waals surface area contributed by atoms with E-state index in [-0.39, 0.29) is 12.1 Å². The molecular weight excluding hydrogens is 387 g/mol. The fourth-order valence-electron chi connectivity index (χ4n) is 4.06. The maximum absolute atomic E-state index is 12.8. The lowest BCUT2D eigenvalue weighted by molar-refractivity contribution is -0.137. The molecule has 29 heavy (non-hydrogen) atoms. The van der Waals surface area contributed by atoms with E-state index in [1.54, 1.807) is 0 Å². The van der Waals surface area contributed by atoms with E-state index in [4.69, 9.17) is 0 Å². The second-order valence-corrected chi connectivity index (χ2v) is 7.75. The van der Waals surface area contributed by atoms with Crippen molar-refractivity contribution in [2.75, 3.05) is 19.6 Å². The summed E-state index contributed by atoms with van der Waals surface area (Å²) in [5.74, 6) is -1.25. The minimum Gasteiger partial charge on any atom is -0.390 e. The standard InChI is InChI=1S/C20H26F3N3O3/c21-20(22,23)14-6-4-5-13(9-14)19(29)24-10-18(28)25-16-11-26(12-17(16)27)15-7-2-1-3-8-15/h4-6,9,15-17,27H,1-3,7-8,10-12H2,(H,24,29)(H,25,28)/t16-,17?/m0/s1. The van der Waals surface area contributed by atoms with Crippen LogP contribution in [0.1, 0.15) is 48.0 Å². The van der Waals surface area contributed by atoms with Gasteiger partial charge in [0.05, 0.1) is 24.3 Å². The molecule has 3 N–H and O–H groups in total. The summed E-state index contributed by atoms with van der Waals surface area (Å²) in [6, 6.07) is 4.03. The Labute approximate surface area is 167 Å². The van der Waals surface area contributed by atoms with Gasteiger partial charge in [-0.15, -0.1) is 0 Å². The van der Waals surface area contributed by atoms with E-state index in [2.05, 4.69) is 15.5 Å². The summed E-state index contributed by atoms with van der Waals surface area (Å²) >= 11 is 0. The number of rotatable bonds is 5. The van der Waals surface area contributed by atoms with Crippen molar-refractivity contribution in [3.8, 4) is 0 Å². The molecule has 2 atom stereocenters. The third-order valence-electron chi connectivity index (χ3n) is 5.62. The molecule has 1 aromatic carbocycles. The van der Waals surface area contributed by atoms with Crippen molar-refractivity contribution in [1.29, 1.82) is 0 Å². The fraction of sp³-hybridized carbons (Fsp3) is 0.600. The molecular formula is C20H26F3N3O3. The van der Waals surface area contributed by atoms with Crippen molar-refractivity contribution >= 4 is 11.8 Å². The summed E-state index contributed by atoms with van der Waals surface area (Å²) in [6.45, 7) is 0.688. The van der Waals surface area contributed by atoms with Crippen LogP contribution in [0.3, 0.4) is 0 Å². The fourth-order valence-corrected chi connectivity index (χ4v) is 4.06. The highest BCUT2D eigenvalue weighted by molar-refractivity contribution is 5.96. The van der Waals surface area contributed by atoms with Crippen LogP contribution in [-0.2, 0) is 11.0 Å². The SMILES string of the molecule is O=C(CNC(=O)c1cccc(C(F)(F)F)c1)N[C@H]1CN(C2CCCCC2)CC1O. The van der Waals surface area contributed by atoms with Crippen molar-refractivity contribution < 1.29 is 27.9 Å². The van der Waals surface area contributed by atoms with Gasteiger partial charge in [-0.3, -0.25) is 14.5 Å². The summed E-state index contributed by atoms with van der Waals surface area (Å²) in [7, 11) is 0. The number of carbonyl (C=O) groups excluding carboxylic acids is 2. The number of alkyl halides is 3. The maximum atomic E-state index is 12.8. The second-order valence-electron chi connectivity index (χ2n) is 7.75. The first-order valence-electron chi connectivity index (χ1n) is 9.91. The van der Waals surface area contributed by atoms with Crippen molar-refractivity contribution in [2.24, 2.45) is 0 Å². The van der Waals surface area contributed by atoms with Crippen LogP contribution in [0.5, 0.6) is 0 Å². The first-order valence-corrected chi connectivity index (χ1v) is 9.91. The number of aliphatic hydroxyl groups excluding tert-OH is 1. The van der Waals surface area contributed by atoms with Crippen LogP contribution < -0.4 is 10.6 Å². The van der Waals surface area contributed by atoms with Gasteiger partial charge in [0, 0.05) is 24.7 Å². The summed E-state index contributed by atoms with van der Waals surface area (Å²) in [4.78, 5) is 26.4. The Morgan fingerprint density at radius 3 is 2.55 bits per heavy atom. The number of aliphatic hydroxyl groups is 1. The third-order valence-corrected chi connectivity index (χ3v) is 5.62. The minimum atomic E-state index is -4.55. The number of β-amino-alcohol motifs (C(OH)–C–C–N with tert-alkyl or cyclic N) is 1. The highest BCUT2D eigenvalue weighted by Crippen LogP contribution is 2.29. The molecule has 2 aliphatic rings. The van der Waals surface area contributed by atoms with Crippen LogP contribution in [0.15, 0.2) is 24.3 Å². The molecule has 1 saturated carbocycles. The van der Waals surface area contributed by atoms with Gasteiger partial charge in [-0.1, -0.05) is 25.3 Å². The number of nitrogens with zero attached hydrogens (tertiary/aromatic N) is 1. The monoisotopic (exact) mass is 413 g/mol. The quantitative estimate of drug-likeness (QED) is 0.689. The van der Waals surface area contributed by atoms with Crippen molar-refractivity contribution in [3.63, 3.8) is 0 Å². The van der Waals surface area contributed by atoms with Crippen molar-refractivity contribution in [1.82, 2.24) is 15.5 Å².